The molecule has 4 radical (unpaired) electrons. The van der Waals surface area contributed by atoms with Gasteiger partial charge < -0.3 is 9.47 Å². The average molecular weight is 733 g/mol. The van der Waals surface area contributed by atoms with Gasteiger partial charge in [0.1, 0.15) is 31.2 Å². The van der Waals surface area contributed by atoms with E-state index >= 15 is 0 Å². The van der Waals surface area contributed by atoms with Gasteiger partial charge in [0.25, 0.3) is 0 Å². The Bertz CT molecular complexity index is 1430. The standard InChI is InChI=1S/C39H48O10Si2/c1-7-25(3)50-33-21-9-27(10-22-33)35(40)46-48-37(42)44-31-17-13-29(14-18-31)39(5,6)30-15-19-32(20-16-30)45-38(43)49-47-36(41)28-11-23-34(24-12-28)51-26(4)8-2/h7-12,21-24,29-32H,13-20H2,1-6H3/b25-7+,26-8+. The highest BCUT2D eigenvalue weighted by Crippen LogP contribution is 2.49. The minimum atomic E-state index is -1.02. The van der Waals surface area contributed by atoms with E-state index in [2.05, 4.69) is 49.6 Å². The van der Waals surface area contributed by atoms with Gasteiger partial charge in [-0.25, -0.2) is 29.1 Å². The summed E-state index contributed by atoms with van der Waals surface area (Å²) in [5, 5.41) is 4.69. The van der Waals surface area contributed by atoms with Crippen molar-refractivity contribution in [2.45, 2.75) is 105 Å². The number of carbonyl (C=O) groups excluding carboxylic acids is 4. The first-order chi connectivity index (χ1) is 24.4. The Morgan fingerprint density at radius 2 is 0.902 bits per heavy atom. The van der Waals surface area contributed by atoms with E-state index in [-0.39, 0.29) is 28.7 Å². The second kappa shape index (κ2) is 18.9. The lowest BCUT2D eigenvalue weighted by Crippen LogP contribution is -2.39. The molecule has 2 saturated carbocycles. The Morgan fingerprint density at radius 3 is 1.22 bits per heavy atom. The molecule has 0 atom stereocenters. The summed E-state index contributed by atoms with van der Waals surface area (Å²) in [5.74, 6) is -0.661. The number of hydrogen-bond donors (Lipinski definition) is 0. The third kappa shape index (κ3) is 12.0. The molecule has 51 heavy (non-hydrogen) atoms. The Kier molecular flexibility index (Phi) is 14.7. The van der Waals surface area contributed by atoms with Crippen molar-refractivity contribution in [3.63, 3.8) is 0 Å². The molecule has 0 unspecified atom stereocenters. The Balaban J connectivity index is 1.12. The third-order valence-electron chi connectivity index (χ3n) is 10.1. The van der Waals surface area contributed by atoms with E-state index in [0.29, 0.717) is 56.6 Å². The fourth-order valence-corrected chi connectivity index (χ4v) is 8.58. The first-order valence-corrected chi connectivity index (χ1v) is 19.6. The van der Waals surface area contributed by atoms with Crippen molar-refractivity contribution in [3.8, 4) is 0 Å². The maximum atomic E-state index is 12.3. The van der Waals surface area contributed by atoms with Gasteiger partial charge in [-0.3, -0.25) is 0 Å². The minimum Gasteiger partial charge on any atom is -0.428 e. The van der Waals surface area contributed by atoms with Crippen molar-refractivity contribution in [2.24, 2.45) is 17.3 Å². The van der Waals surface area contributed by atoms with E-state index in [1.807, 2.05) is 38.1 Å². The molecule has 10 nitrogen and oxygen atoms in total. The first kappa shape index (κ1) is 39.6. The van der Waals surface area contributed by atoms with E-state index in [0.717, 1.165) is 36.1 Å². The van der Waals surface area contributed by atoms with Gasteiger partial charge in [-0.15, -0.1) is 0 Å². The fourth-order valence-electron chi connectivity index (χ4n) is 6.71. The zero-order valence-electron chi connectivity index (χ0n) is 30.3. The molecule has 4 rings (SSSR count). The lowest BCUT2D eigenvalue weighted by atomic mass is 9.60. The van der Waals surface area contributed by atoms with Crippen LogP contribution in [-0.2, 0) is 29.0 Å². The summed E-state index contributed by atoms with van der Waals surface area (Å²) < 4.78 is 10.9. The van der Waals surface area contributed by atoms with Gasteiger partial charge in [0.15, 0.2) is 0 Å². The monoisotopic (exact) mass is 732 g/mol. The number of carbonyl (C=O) groups is 4. The van der Waals surface area contributed by atoms with Gasteiger partial charge in [-0.1, -0.05) is 71.0 Å². The van der Waals surface area contributed by atoms with Crippen LogP contribution in [0, 0.1) is 17.3 Å². The second-order valence-electron chi connectivity index (χ2n) is 13.8. The third-order valence-corrected chi connectivity index (χ3v) is 12.7. The van der Waals surface area contributed by atoms with Crippen molar-refractivity contribution < 1.29 is 48.2 Å². The van der Waals surface area contributed by atoms with Gasteiger partial charge in [0.2, 0.25) is 0 Å². The number of benzene rings is 2. The predicted molar refractivity (Wildman–Crippen MR) is 194 cm³/mol. The summed E-state index contributed by atoms with van der Waals surface area (Å²) in [4.78, 5) is 68.1. The van der Waals surface area contributed by atoms with E-state index in [1.54, 1.807) is 24.3 Å². The molecule has 0 aliphatic heterocycles. The molecule has 0 N–H and O–H groups in total. The normalized spacial score (nSPS) is 21.2. The van der Waals surface area contributed by atoms with Crippen LogP contribution in [0.2, 0.25) is 0 Å². The summed E-state index contributed by atoms with van der Waals surface area (Å²) in [7, 11) is 1.05. The fraction of sp³-hybridized carbons (Fsp3) is 0.487. The summed E-state index contributed by atoms with van der Waals surface area (Å²) >= 11 is 0. The molecular formula is C39H48O10Si2. The van der Waals surface area contributed by atoms with Gasteiger partial charge in [-0.2, -0.15) is 9.59 Å². The quantitative estimate of drug-likeness (QED) is 0.105. The van der Waals surface area contributed by atoms with Crippen molar-refractivity contribution in [2.75, 3.05) is 0 Å². The maximum Gasteiger partial charge on any atom is 0.550 e. The number of hydrogen-bond acceptors (Lipinski definition) is 10. The molecule has 272 valence electrons. The Hall–Kier alpha value is -4.17. The van der Waals surface area contributed by atoms with Crippen molar-refractivity contribution >= 4 is 53.7 Å². The van der Waals surface area contributed by atoms with E-state index in [4.69, 9.17) is 19.2 Å². The van der Waals surface area contributed by atoms with Gasteiger partial charge in [0, 0.05) is 0 Å². The van der Waals surface area contributed by atoms with Crippen LogP contribution >= 0.6 is 0 Å². The highest BCUT2D eigenvalue weighted by atomic mass is 28.2. The molecule has 0 spiro atoms. The largest absolute Gasteiger partial charge is 0.550 e. The van der Waals surface area contributed by atoms with Crippen LogP contribution in [0.3, 0.4) is 0 Å². The van der Waals surface area contributed by atoms with E-state index < -0.39 is 24.2 Å². The molecule has 2 aromatic rings. The molecule has 2 aliphatic carbocycles. The number of allylic oxidation sites excluding steroid dienone is 4. The predicted octanol–water partition coefficient (Wildman–Crippen LogP) is 7.49. The van der Waals surface area contributed by atoms with E-state index in [1.165, 1.54) is 10.4 Å². The topological polar surface area (TPSA) is 124 Å². The van der Waals surface area contributed by atoms with Crippen LogP contribution in [0.4, 0.5) is 9.59 Å². The summed E-state index contributed by atoms with van der Waals surface area (Å²) in [6, 6.07) is 14.0. The average Bonchev–Trinajstić information content (AvgIpc) is 3.13. The zero-order valence-corrected chi connectivity index (χ0v) is 32.3. The van der Waals surface area contributed by atoms with Crippen LogP contribution in [0.15, 0.2) is 71.1 Å². The van der Waals surface area contributed by atoms with Gasteiger partial charge >= 0.3 is 24.2 Å². The molecule has 0 amide bonds. The molecule has 2 aromatic carbocycles. The molecule has 0 saturated heterocycles. The maximum absolute atomic E-state index is 12.3. The van der Waals surface area contributed by atoms with Crippen molar-refractivity contribution in [1.82, 2.24) is 0 Å². The lowest BCUT2D eigenvalue weighted by molar-refractivity contribution is -0.209. The summed E-state index contributed by atoms with van der Waals surface area (Å²) in [5.41, 5.74) is 0.601. The molecule has 0 bridgehead atoms. The summed E-state index contributed by atoms with van der Waals surface area (Å²) in [6.45, 7) is 12.7. The van der Waals surface area contributed by atoms with Crippen LogP contribution in [-0.4, -0.2) is 55.5 Å². The molecule has 0 aromatic heterocycles. The van der Waals surface area contributed by atoms with Crippen LogP contribution < -0.4 is 10.4 Å². The summed E-state index contributed by atoms with van der Waals surface area (Å²) in [6.07, 6.45) is 7.74. The Labute approximate surface area is 305 Å². The van der Waals surface area contributed by atoms with Crippen LogP contribution in [0.25, 0.3) is 0 Å². The first-order valence-electron chi connectivity index (χ1n) is 17.6. The number of rotatable bonds is 10. The van der Waals surface area contributed by atoms with Crippen molar-refractivity contribution in [3.05, 3.63) is 82.2 Å². The smallest absolute Gasteiger partial charge is 0.428 e. The molecule has 2 fully saturated rings. The highest BCUT2D eigenvalue weighted by molar-refractivity contribution is 6.61. The zero-order chi connectivity index (χ0) is 37.0. The molecule has 2 aliphatic rings. The van der Waals surface area contributed by atoms with E-state index in [9.17, 15) is 19.2 Å². The SMILES string of the molecule is C/C=C(\C)[Si]c1ccc(C(=O)OOC(=O)OC2CCC(C(C)(C)C3CCC(OC(=O)OOC(=O)c4ccc([Si]/C(C)=C/C)cc4)CC3)CC2)cc1. The lowest BCUT2D eigenvalue weighted by Gasteiger charge is -2.46. The molecule has 0 heterocycles. The van der Waals surface area contributed by atoms with Crippen LogP contribution in [0.1, 0.15) is 114 Å². The van der Waals surface area contributed by atoms with Gasteiger partial charge in [0.05, 0.1) is 11.1 Å². The molecule has 12 heteroatoms. The van der Waals surface area contributed by atoms with Crippen molar-refractivity contribution in [1.29, 1.82) is 0 Å². The highest BCUT2D eigenvalue weighted by Gasteiger charge is 2.41. The second-order valence-corrected chi connectivity index (χ2v) is 17.0. The minimum absolute atomic E-state index is 0.0329. The number of ether oxygens (including phenoxy) is 2. The van der Waals surface area contributed by atoms with Gasteiger partial charge in [-0.05, 0) is 121 Å². The molecular weight excluding hydrogens is 685 g/mol. The van der Waals surface area contributed by atoms with Crippen LogP contribution in [0.5, 0.6) is 0 Å². The Morgan fingerprint density at radius 1 is 0.569 bits per heavy atom.